The average Bonchev–Trinajstić information content (AvgIpc) is 2.58. The predicted molar refractivity (Wildman–Crippen MR) is 78.1 cm³/mol. The van der Waals surface area contributed by atoms with Crippen molar-refractivity contribution in [3.63, 3.8) is 0 Å². The van der Waals surface area contributed by atoms with Crippen LogP contribution in [0.15, 0.2) is 18.5 Å². The van der Waals surface area contributed by atoms with Crippen molar-refractivity contribution in [1.82, 2.24) is 9.62 Å². The van der Waals surface area contributed by atoms with E-state index in [0.29, 0.717) is 15.2 Å². The zero-order chi connectivity index (χ0) is 13.1. The van der Waals surface area contributed by atoms with Gasteiger partial charge in [-0.3, -0.25) is 0 Å². The van der Waals surface area contributed by atoms with Gasteiger partial charge in [-0.1, -0.05) is 0 Å². The monoisotopic (exact) mass is 404 g/mol. The highest BCUT2D eigenvalue weighted by Crippen LogP contribution is 2.35. The lowest BCUT2D eigenvalue weighted by Gasteiger charge is -2.16. The third-order valence-electron chi connectivity index (χ3n) is 2.21. The molecule has 1 rings (SSSR count). The number of hydrogen-bond acceptors (Lipinski definition) is 4. The molecule has 0 atom stereocenters. The largest absolute Gasteiger partial charge is 0.320 e. The minimum Gasteiger partial charge on any atom is -0.320 e. The zero-order valence-corrected chi connectivity index (χ0v) is 14.3. The first-order valence-corrected chi connectivity index (χ1v) is 8.79. The number of sulfonamides is 1. The summed E-state index contributed by atoms with van der Waals surface area (Å²) in [5.41, 5.74) is 0. The van der Waals surface area contributed by atoms with Gasteiger partial charge in [0.15, 0.2) is 0 Å². The fraction of sp³-hybridized carbons (Fsp3) is 0.556. The topological polar surface area (TPSA) is 49.4 Å². The first-order valence-electron chi connectivity index (χ1n) is 4.95. The SMILES string of the molecule is CNCCCN(C)S(=O)(=O)c1cc(Br)sc1Br. The van der Waals surface area contributed by atoms with Crippen LogP contribution in [0.5, 0.6) is 0 Å². The maximum Gasteiger partial charge on any atom is 0.244 e. The van der Waals surface area contributed by atoms with Crippen LogP contribution in [0, 0.1) is 0 Å². The lowest BCUT2D eigenvalue weighted by atomic mass is 10.4. The Hall–Kier alpha value is 0.530. The fourth-order valence-electron chi connectivity index (χ4n) is 1.27. The third kappa shape index (κ3) is 4.00. The Kier molecular flexibility index (Phi) is 6.07. The molecule has 0 radical (unpaired) electrons. The molecule has 1 aromatic heterocycles. The van der Waals surface area contributed by atoms with E-state index in [2.05, 4.69) is 37.2 Å². The molecule has 98 valence electrons. The Balaban J connectivity index is 2.84. The Morgan fingerprint density at radius 2 is 2.12 bits per heavy atom. The molecule has 0 aliphatic rings. The molecule has 0 aliphatic carbocycles. The summed E-state index contributed by atoms with van der Waals surface area (Å²) in [4.78, 5) is 0.321. The van der Waals surface area contributed by atoms with E-state index >= 15 is 0 Å². The summed E-state index contributed by atoms with van der Waals surface area (Å²) in [7, 11) is 0.0583. The molecule has 1 aromatic rings. The maximum absolute atomic E-state index is 12.2. The molecule has 0 unspecified atom stereocenters. The van der Waals surface area contributed by atoms with Crippen molar-refractivity contribution in [3.05, 3.63) is 13.6 Å². The summed E-state index contributed by atoms with van der Waals surface area (Å²) in [5, 5.41) is 2.99. The second-order valence-electron chi connectivity index (χ2n) is 3.47. The third-order valence-corrected chi connectivity index (χ3v) is 6.83. The highest BCUT2D eigenvalue weighted by Gasteiger charge is 2.24. The van der Waals surface area contributed by atoms with E-state index in [1.807, 2.05) is 7.05 Å². The van der Waals surface area contributed by atoms with Crippen molar-refractivity contribution in [3.8, 4) is 0 Å². The van der Waals surface area contributed by atoms with Gasteiger partial charge in [-0.05, 0) is 57.9 Å². The molecule has 0 spiro atoms. The van der Waals surface area contributed by atoms with Gasteiger partial charge < -0.3 is 5.32 Å². The molecule has 0 saturated heterocycles. The predicted octanol–water partition coefficient (Wildman–Crippen LogP) is 2.50. The van der Waals surface area contributed by atoms with Crippen LogP contribution in [0.4, 0.5) is 0 Å². The van der Waals surface area contributed by atoms with Crippen molar-refractivity contribution >= 4 is 53.2 Å². The number of nitrogens with zero attached hydrogens (tertiary/aromatic N) is 1. The molecular weight excluding hydrogens is 392 g/mol. The van der Waals surface area contributed by atoms with Crippen molar-refractivity contribution < 1.29 is 8.42 Å². The maximum atomic E-state index is 12.2. The van der Waals surface area contributed by atoms with Crippen LogP contribution >= 0.6 is 43.2 Å². The van der Waals surface area contributed by atoms with Crippen LogP contribution in [0.3, 0.4) is 0 Å². The second-order valence-corrected chi connectivity index (χ2v) is 9.23. The first kappa shape index (κ1) is 15.6. The summed E-state index contributed by atoms with van der Waals surface area (Å²) >= 11 is 7.91. The Labute approximate surface area is 123 Å². The molecule has 0 saturated carbocycles. The minimum atomic E-state index is -3.39. The van der Waals surface area contributed by atoms with Gasteiger partial charge in [0.05, 0.1) is 7.57 Å². The van der Waals surface area contributed by atoms with Crippen molar-refractivity contribution in [1.29, 1.82) is 0 Å². The van der Waals surface area contributed by atoms with E-state index in [4.69, 9.17) is 0 Å². The highest BCUT2D eigenvalue weighted by molar-refractivity contribution is 9.12. The molecule has 0 aromatic carbocycles. The van der Waals surface area contributed by atoms with E-state index < -0.39 is 10.0 Å². The summed E-state index contributed by atoms with van der Waals surface area (Å²) in [6.07, 6.45) is 0.787. The molecule has 1 N–H and O–H groups in total. The van der Waals surface area contributed by atoms with E-state index in [-0.39, 0.29) is 0 Å². The molecule has 8 heteroatoms. The van der Waals surface area contributed by atoms with Crippen LogP contribution < -0.4 is 5.32 Å². The van der Waals surface area contributed by atoms with Gasteiger partial charge in [0.25, 0.3) is 0 Å². The molecule has 17 heavy (non-hydrogen) atoms. The summed E-state index contributed by atoms with van der Waals surface area (Å²) in [5.74, 6) is 0. The van der Waals surface area contributed by atoms with Crippen LogP contribution in [-0.4, -0.2) is 39.9 Å². The van der Waals surface area contributed by atoms with Gasteiger partial charge in [0.2, 0.25) is 10.0 Å². The normalized spacial score (nSPS) is 12.3. The van der Waals surface area contributed by atoms with Crippen LogP contribution in [0.25, 0.3) is 0 Å². The van der Waals surface area contributed by atoms with Gasteiger partial charge in [0.1, 0.15) is 4.90 Å². The Morgan fingerprint density at radius 1 is 1.47 bits per heavy atom. The summed E-state index contributed by atoms with van der Waals surface area (Å²) in [6, 6.07) is 1.62. The van der Waals surface area contributed by atoms with Crippen molar-refractivity contribution in [2.75, 3.05) is 27.2 Å². The molecule has 0 bridgehead atoms. The molecule has 1 heterocycles. The molecular formula is C9H14Br2N2O2S2. The van der Waals surface area contributed by atoms with Crippen LogP contribution in [-0.2, 0) is 10.0 Å². The average molecular weight is 406 g/mol. The molecule has 4 nitrogen and oxygen atoms in total. The van der Waals surface area contributed by atoms with Crippen molar-refractivity contribution in [2.45, 2.75) is 11.3 Å². The molecule has 0 fully saturated rings. The van der Waals surface area contributed by atoms with E-state index in [1.165, 1.54) is 15.6 Å². The second kappa shape index (κ2) is 6.63. The van der Waals surface area contributed by atoms with Crippen LogP contribution in [0.2, 0.25) is 0 Å². The van der Waals surface area contributed by atoms with Gasteiger partial charge >= 0.3 is 0 Å². The van der Waals surface area contributed by atoms with Gasteiger partial charge in [-0.2, -0.15) is 0 Å². The highest BCUT2D eigenvalue weighted by atomic mass is 79.9. The lowest BCUT2D eigenvalue weighted by Crippen LogP contribution is -2.29. The Morgan fingerprint density at radius 3 is 2.59 bits per heavy atom. The van der Waals surface area contributed by atoms with E-state index in [0.717, 1.165) is 16.8 Å². The van der Waals surface area contributed by atoms with Crippen LogP contribution in [0.1, 0.15) is 6.42 Å². The van der Waals surface area contributed by atoms with Crippen molar-refractivity contribution in [2.24, 2.45) is 0 Å². The number of thiophene rings is 1. The summed E-state index contributed by atoms with van der Waals surface area (Å²) in [6.45, 7) is 1.30. The smallest absolute Gasteiger partial charge is 0.244 e. The lowest BCUT2D eigenvalue weighted by molar-refractivity contribution is 0.458. The minimum absolute atomic E-state index is 0.321. The fourth-order valence-corrected chi connectivity index (χ4v) is 6.23. The number of nitrogens with one attached hydrogen (secondary N) is 1. The van der Waals surface area contributed by atoms with Gasteiger partial charge in [0, 0.05) is 13.6 Å². The number of halogens is 2. The summed E-state index contributed by atoms with van der Waals surface area (Å²) < 4.78 is 27.2. The zero-order valence-electron chi connectivity index (χ0n) is 9.53. The van der Waals surface area contributed by atoms with Gasteiger partial charge in [-0.25, -0.2) is 12.7 Å². The van der Waals surface area contributed by atoms with E-state index in [1.54, 1.807) is 13.1 Å². The van der Waals surface area contributed by atoms with E-state index in [9.17, 15) is 8.42 Å². The number of hydrogen-bond donors (Lipinski definition) is 1. The van der Waals surface area contributed by atoms with Gasteiger partial charge in [-0.15, -0.1) is 11.3 Å². The standard InChI is InChI=1S/C9H14Br2N2O2S2/c1-12-4-3-5-13(2)17(14,15)7-6-8(10)16-9(7)11/h6,12H,3-5H2,1-2H3. The quantitative estimate of drug-likeness (QED) is 0.739. The molecule has 0 aliphatic heterocycles. The molecule has 0 amide bonds. The Bertz CT molecular complexity index is 473. The number of rotatable bonds is 6. The first-order chi connectivity index (χ1) is 7.89.